The van der Waals surface area contributed by atoms with E-state index >= 15 is 0 Å². The van der Waals surface area contributed by atoms with Gasteiger partial charge in [-0.1, -0.05) is 6.42 Å². The van der Waals surface area contributed by atoms with Crippen LogP contribution in [0.25, 0.3) is 0 Å². The van der Waals surface area contributed by atoms with Crippen molar-refractivity contribution in [3.05, 3.63) is 0 Å². The minimum atomic E-state index is -3.12. The molecule has 2 heterocycles. The van der Waals surface area contributed by atoms with E-state index in [0.717, 1.165) is 19.4 Å². The smallest absolute Gasteiger partial charge is 0.211 e. The van der Waals surface area contributed by atoms with Gasteiger partial charge in [0.25, 0.3) is 0 Å². The Morgan fingerprint density at radius 1 is 1.05 bits per heavy atom. The quantitative estimate of drug-likeness (QED) is 0.690. The lowest BCUT2D eigenvalue weighted by molar-refractivity contribution is 0.0536. The summed E-state index contributed by atoms with van der Waals surface area (Å²) < 4.78 is 27.4. The summed E-state index contributed by atoms with van der Waals surface area (Å²) in [6.07, 6.45) is 8.91. The molecule has 21 heavy (non-hydrogen) atoms. The Morgan fingerprint density at radius 3 is 2.33 bits per heavy atom. The van der Waals surface area contributed by atoms with Crippen LogP contribution in [0.5, 0.6) is 0 Å². The summed E-state index contributed by atoms with van der Waals surface area (Å²) in [5.41, 5.74) is 0. The van der Waals surface area contributed by atoms with E-state index in [1.54, 1.807) is 0 Å². The van der Waals surface area contributed by atoms with E-state index in [2.05, 4.69) is 22.0 Å². The van der Waals surface area contributed by atoms with Crippen molar-refractivity contribution in [1.29, 1.82) is 0 Å². The van der Waals surface area contributed by atoms with Gasteiger partial charge in [-0.05, 0) is 58.5 Å². The van der Waals surface area contributed by atoms with Crippen LogP contribution in [0, 0.1) is 0 Å². The first-order chi connectivity index (χ1) is 10.0. The van der Waals surface area contributed by atoms with Gasteiger partial charge in [-0.3, -0.25) is 0 Å². The second kappa shape index (κ2) is 6.52. The molecule has 122 valence electrons. The van der Waals surface area contributed by atoms with E-state index in [-0.39, 0.29) is 11.8 Å². The fourth-order valence-corrected chi connectivity index (χ4v) is 5.22. The second-order valence-electron chi connectivity index (χ2n) is 7.09. The van der Waals surface area contributed by atoms with Gasteiger partial charge in [0.15, 0.2) is 0 Å². The second-order valence-corrected chi connectivity index (χ2v) is 8.96. The van der Waals surface area contributed by atoms with Crippen LogP contribution in [0.1, 0.15) is 51.4 Å². The topological polar surface area (TPSA) is 61.4 Å². The van der Waals surface area contributed by atoms with Crippen molar-refractivity contribution in [3.63, 3.8) is 0 Å². The molecular weight excluding hydrogens is 286 g/mol. The molecule has 3 fully saturated rings. The van der Waals surface area contributed by atoms with Crippen LogP contribution < -0.4 is 10.0 Å². The van der Waals surface area contributed by atoms with Gasteiger partial charge < -0.3 is 10.2 Å². The van der Waals surface area contributed by atoms with Gasteiger partial charge in [-0.25, -0.2) is 13.1 Å². The third-order valence-corrected chi connectivity index (χ3v) is 6.80. The van der Waals surface area contributed by atoms with Crippen LogP contribution in [-0.2, 0) is 10.0 Å². The van der Waals surface area contributed by atoms with Gasteiger partial charge in [0.05, 0.1) is 5.75 Å². The Morgan fingerprint density at radius 2 is 1.71 bits per heavy atom. The number of hydrogen-bond donors (Lipinski definition) is 2. The molecule has 2 aliphatic heterocycles. The maximum absolute atomic E-state index is 12.2. The van der Waals surface area contributed by atoms with Gasteiger partial charge in [0, 0.05) is 24.2 Å². The molecule has 1 saturated carbocycles. The minimum Gasteiger partial charge on any atom is -0.314 e. The van der Waals surface area contributed by atoms with Crippen molar-refractivity contribution in [2.45, 2.75) is 75.5 Å². The summed E-state index contributed by atoms with van der Waals surface area (Å²) in [4.78, 5) is 2.47. The van der Waals surface area contributed by atoms with Crippen molar-refractivity contribution < 1.29 is 8.42 Å². The highest BCUT2D eigenvalue weighted by Crippen LogP contribution is 2.32. The maximum atomic E-state index is 12.2. The van der Waals surface area contributed by atoms with Crippen LogP contribution in [0.2, 0.25) is 0 Å². The molecule has 2 saturated heterocycles. The number of fused-ring (bicyclic) bond motifs is 2. The zero-order valence-electron chi connectivity index (χ0n) is 13.1. The molecule has 0 radical (unpaired) electrons. The molecule has 2 N–H and O–H groups in total. The van der Waals surface area contributed by atoms with Crippen molar-refractivity contribution in [3.8, 4) is 0 Å². The summed E-state index contributed by atoms with van der Waals surface area (Å²) in [7, 11) is -0.919. The number of sulfonamides is 1. The molecule has 0 spiro atoms. The van der Waals surface area contributed by atoms with Crippen LogP contribution in [0.4, 0.5) is 0 Å². The Bertz CT molecular complexity index is 436. The largest absolute Gasteiger partial charge is 0.314 e. The van der Waals surface area contributed by atoms with Gasteiger partial charge in [0.2, 0.25) is 10.0 Å². The lowest BCUT2D eigenvalue weighted by Crippen LogP contribution is -2.55. The highest BCUT2D eigenvalue weighted by atomic mass is 32.2. The predicted octanol–water partition coefficient (Wildman–Crippen LogP) is 1.06. The maximum Gasteiger partial charge on any atom is 0.211 e. The number of nitrogens with one attached hydrogen (secondary N) is 2. The van der Waals surface area contributed by atoms with Gasteiger partial charge in [-0.2, -0.15) is 0 Å². The van der Waals surface area contributed by atoms with Gasteiger partial charge >= 0.3 is 0 Å². The van der Waals surface area contributed by atoms with Crippen molar-refractivity contribution in [2.24, 2.45) is 0 Å². The number of nitrogens with zero attached hydrogens (tertiary/aromatic N) is 1. The van der Waals surface area contributed by atoms with E-state index in [1.807, 2.05) is 0 Å². The molecule has 3 rings (SSSR count). The van der Waals surface area contributed by atoms with E-state index in [1.165, 1.54) is 32.1 Å². The Balaban J connectivity index is 1.43. The van der Waals surface area contributed by atoms with E-state index in [4.69, 9.17) is 0 Å². The number of hydrogen-bond acceptors (Lipinski definition) is 4. The lowest BCUT2D eigenvalue weighted by atomic mass is 9.83. The van der Waals surface area contributed by atoms with E-state index in [0.29, 0.717) is 24.5 Å². The molecule has 5 nitrogen and oxygen atoms in total. The van der Waals surface area contributed by atoms with E-state index < -0.39 is 10.0 Å². The predicted molar refractivity (Wildman–Crippen MR) is 84.8 cm³/mol. The molecular formula is C15H29N3O2S. The lowest BCUT2D eigenvalue weighted by Gasteiger charge is -2.47. The highest BCUT2D eigenvalue weighted by Gasteiger charge is 2.37. The monoisotopic (exact) mass is 315 g/mol. The molecule has 0 aromatic carbocycles. The Hall–Kier alpha value is -0.170. The fourth-order valence-electron chi connectivity index (χ4n) is 3.88. The number of piperidine rings is 2. The highest BCUT2D eigenvalue weighted by molar-refractivity contribution is 7.89. The summed E-state index contributed by atoms with van der Waals surface area (Å²) in [6.45, 7) is 0.824. The molecule has 6 heteroatoms. The molecule has 0 amide bonds. The SMILES string of the molecule is CN1C2CCCC1CC(NS(=O)(=O)CCCNC1CC1)C2. The van der Waals surface area contributed by atoms with Gasteiger partial charge in [-0.15, -0.1) is 0 Å². The van der Waals surface area contributed by atoms with Crippen molar-refractivity contribution >= 4 is 10.0 Å². The third kappa shape index (κ3) is 4.41. The van der Waals surface area contributed by atoms with E-state index in [9.17, 15) is 8.42 Å². The van der Waals surface area contributed by atoms with Crippen LogP contribution in [0.15, 0.2) is 0 Å². The molecule has 0 aromatic heterocycles. The minimum absolute atomic E-state index is 0.151. The van der Waals surface area contributed by atoms with Crippen molar-refractivity contribution in [2.75, 3.05) is 19.3 Å². The van der Waals surface area contributed by atoms with Crippen LogP contribution in [0.3, 0.4) is 0 Å². The zero-order valence-corrected chi connectivity index (χ0v) is 13.9. The molecule has 2 unspecified atom stereocenters. The van der Waals surface area contributed by atoms with Crippen molar-refractivity contribution in [1.82, 2.24) is 14.9 Å². The first-order valence-electron chi connectivity index (χ1n) is 8.49. The Kier molecular flexibility index (Phi) is 4.88. The first-order valence-corrected chi connectivity index (χ1v) is 10.1. The normalized spacial score (nSPS) is 34.0. The van der Waals surface area contributed by atoms with Gasteiger partial charge in [0.1, 0.15) is 0 Å². The average Bonchev–Trinajstić information content (AvgIpc) is 3.20. The molecule has 2 atom stereocenters. The first kappa shape index (κ1) is 15.7. The average molecular weight is 315 g/mol. The molecule has 1 aliphatic carbocycles. The molecule has 3 aliphatic rings. The number of rotatable bonds is 7. The molecule has 2 bridgehead atoms. The fraction of sp³-hybridized carbons (Fsp3) is 1.00. The Labute approximate surface area is 128 Å². The third-order valence-electron chi connectivity index (χ3n) is 5.29. The zero-order chi connectivity index (χ0) is 14.9. The summed E-state index contributed by atoms with van der Waals surface area (Å²) in [6, 6.07) is 1.95. The molecule has 0 aromatic rings. The van der Waals surface area contributed by atoms with Crippen LogP contribution in [-0.4, -0.2) is 56.8 Å². The standard InChI is InChI=1S/C15H29N3O2S/c1-18-14-4-2-5-15(18)11-13(10-14)17-21(19,20)9-3-8-16-12-6-7-12/h12-17H,2-11H2,1H3. The summed E-state index contributed by atoms with van der Waals surface area (Å²) in [5, 5.41) is 3.37. The summed E-state index contributed by atoms with van der Waals surface area (Å²) in [5.74, 6) is 0.258. The van der Waals surface area contributed by atoms with Crippen LogP contribution >= 0.6 is 0 Å². The summed E-state index contributed by atoms with van der Waals surface area (Å²) >= 11 is 0.